The van der Waals surface area contributed by atoms with Crippen molar-refractivity contribution in [3.05, 3.63) is 58.0 Å². The molecular formula is C21H28N4O3. The number of guanidine groups is 1. The Kier molecular flexibility index (Phi) is 6.94. The molecule has 0 spiro atoms. The summed E-state index contributed by atoms with van der Waals surface area (Å²) in [6, 6.07) is 11.4. The van der Waals surface area contributed by atoms with Crippen LogP contribution in [0.5, 0.6) is 11.5 Å². The quantitative estimate of drug-likeness (QED) is 0.414. The Labute approximate surface area is 165 Å². The fourth-order valence-electron chi connectivity index (χ4n) is 3.15. The maximum Gasteiger partial charge on any atom is 0.250 e. The van der Waals surface area contributed by atoms with E-state index in [2.05, 4.69) is 21.7 Å². The Hall–Kier alpha value is -2.96. The van der Waals surface area contributed by atoms with Crippen molar-refractivity contribution < 1.29 is 9.47 Å². The fourth-order valence-corrected chi connectivity index (χ4v) is 3.15. The van der Waals surface area contributed by atoms with Crippen LogP contribution in [0.25, 0.3) is 0 Å². The molecule has 2 aromatic rings. The normalized spacial score (nSPS) is 12.9. The van der Waals surface area contributed by atoms with Gasteiger partial charge in [-0.15, -0.1) is 0 Å². The van der Waals surface area contributed by atoms with Crippen LogP contribution in [0.2, 0.25) is 0 Å². The number of aromatic nitrogens is 1. The molecule has 0 saturated heterocycles. The number of nitrogens with one attached hydrogen (secondary N) is 2. The van der Waals surface area contributed by atoms with Crippen LogP contribution in [-0.4, -0.2) is 37.5 Å². The molecule has 1 aliphatic heterocycles. The van der Waals surface area contributed by atoms with E-state index in [9.17, 15) is 4.79 Å². The van der Waals surface area contributed by atoms with E-state index in [1.54, 1.807) is 19.2 Å². The van der Waals surface area contributed by atoms with Crippen LogP contribution < -0.4 is 25.7 Å². The van der Waals surface area contributed by atoms with Gasteiger partial charge in [0.15, 0.2) is 17.5 Å². The number of nitrogens with zero attached hydrogens (tertiary/aromatic N) is 2. The Bertz CT molecular complexity index is 876. The Morgan fingerprint density at radius 2 is 1.93 bits per heavy atom. The fraction of sp³-hybridized carbons (Fsp3) is 0.429. The van der Waals surface area contributed by atoms with Gasteiger partial charge in [0.25, 0.3) is 5.56 Å². The summed E-state index contributed by atoms with van der Waals surface area (Å²) >= 11 is 0. The molecule has 150 valence electrons. The highest BCUT2D eigenvalue weighted by molar-refractivity contribution is 5.79. The zero-order valence-corrected chi connectivity index (χ0v) is 16.5. The minimum Gasteiger partial charge on any atom is -0.454 e. The molecule has 28 heavy (non-hydrogen) atoms. The van der Waals surface area contributed by atoms with Gasteiger partial charge >= 0.3 is 0 Å². The van der Waals surface area contributed by atoms with E-state index >= 15 is 0 Å². The van der Waals surface area contributed by atoms with Crippen molar-refractivity contribution in [1.82, 2.24) is 15.2 Å². The molecule has 0 bridgehead atoms. The van der Waals surface area contributed by atoms with Crippen molar-refractivity contribution in [3.63, 3.8) is 0 Å². The van der Waals surface area contributed by atoms with Crippen LogP contribution in [0.4, 0.5) is 0 Å². The smallest absolute Gasteiger partial charge is 0.250 e. The second kappa shape index (κ2) is 9.82. The van der Waals surface area contributed by atoms with E-state index in [-0.39, 0.29) is 5.56 Å². The van der Waals surface area contributed by atoms with Gasteiger partial charge < -0.3 is 24.7 Å². The zero-order valence-electron chi connectivity index (χ0n) is 16.5. The molecule has 0 saturated carbocycles. The number of hydrogen-bond donors (Lipinski definition) is 2. The van der Waals surface area contributed by atoms with Crippen LogP contribution in [0.15, 0.2) is 46.2 Å². The van der Waals surface area contributed by atoms with Gasteiger partial charge in [0.05, 0.1) is 0 Å². The predicted octanol–water partition coefficient (Wildman–Crippen LogP) is 2.07. The Morgan fingerprint density at radius 1 is 1.11 bits per heavy atom. The lowest BCUT2D eigenvalue weighted by Gasteiger charge is -2.13. The highest BCUT2D eigenvalue weighted by Gasteiger charge is 2.12. The third-order valence-electron chi connectivity index (χ3n) is 4.74. The summed E-state index contributed by atoms with van der Waals surface area (Å²) in [6.07, 6.45) is 2.77. The van der Waals surface area contributed by atoms with Crippen molar-refractivity contribution in [2.45, 2.75) is 32.7 Å². The lowest BCUT2D eigenvalue weighted by atomic mass is 10.1. The molecule has 0 aliphatic carbocycles. The molecule has 0 amide bonds. The maximum atomic E-state index is 11.9. The highest BCUT2D eigenvalue weighted by atomic mass is 16.7. The number of benzene rings is 1. The van der Waals surface area contributed by atoms with Gasteiger partial charge in [-0.1, -0.05) is 12.1 Å². The lowest BCUT2D eigenvalue weighted by Crippen LogP contribution is -2.38. The minimum atomic E-state index is 0.0638. The van der Waals surface area contributed by atoms with Gasteiger partial charge in [-0.25, -0.2) is 0 Å². The monoisotopic (exact) mass is 384 g/mol. The van der Waals surface area contributed by atoms with E-state index in [1.807, 2.05) is 29.7 Å². The Balaban J connectivity index is 1.34. The molecule has 3 rings (SSSR count). The van der Waals surface area contributed by atoms with Gasteiger partial charge in [-0.2, -0.15) is 0 Å². The van der Waals surface area contributed by atoms with E-state index in [0.29, 0.717) is 6.79 Å². The molecule has 0 fully saturated rings. The summed E-state index contributed by atoms with van der Waals surface area (Å²) in [5.41, 5.74) is 2.26. The summed E-state index contributed by atoms with van der Waals surface area (Å²) < 4.78 is 12.6. The second-order valence-electron chi connectivity index (χ2n) is 6.73. The number of aliphatic imine (C=N–C) groups is 1. The number of pyridine rings is 1. The zero-order chi connectivity index (χ0) is 19.8. The van der Waals surface area contributed by atoms with Gasteiger partial charge in [0, 0.05) is 38.4 Å². The number of aryl methyl sites for hydroxylation is 1. The summed E-state index contributed by atoms with van der Waals surface area (Å²) in [4.78, 5) is 16.1. The number of rotatable bonds is 8. The first-order valence-corrected chi connectivity index (χ1v) is 9.67. The maximum absolute atomic E-state index is 11.9. The first-order valence-electron chi connectivity index (χ1n) is 9.67. The van der Waals surface area contributed by atoms with Crippen LogP contribution in [0, 0.1) is 6.92 Å². The molecule has 2 N–H and O–H groups in total. The van der Waals surface area contributed by atoms with E-state index in [4.69, 9.17) is 9.47 Å². The van der Waals surface area contributed by atoms with Crippen molar-refractivity contribution >= 4 is 5.96 Å². The average molecular weight is 384 g/mol. The lowest BCUT2D eigenvalue weighted by molar-refractivity contribution is 0.174. The van der Waals surface area contributed by atoms with Crippen LogP contribution >= 0.6 is 0 Å². The summed E-state index contributed by atoms with van der Waals surface area (Å²) in [5, 5.41) is 6.64. The summed E-state index contributed by atoms with van der Waals surface area (Å²) in [6.45, 7) is 4.59. The van der Waals surface area contributed by atoms with Crippen molar-refractivity contribution in [2.75, 3.05) is 26.9 Å². The molecule has 1 aliphatic rings. The van der Waals surface area contributed by atoms with Gasteiger partial charge in [0.2, 0.25) is 6.79 Å². The number of ether oxygens (including phenoxy) is 2. The molecular weight excluding hydrogens is 356 g/mol. The average Bonchev–Trinajstić information content (AvgIpc) is 3.16. The number of hydrogen-bond acceptors (Lipinski definition) is 4. The third-order valence-corrected chi connectivity index (χ3v) is 4.74. The number of unbranched alkanes of at least 4 members (excludes halogenated alkanes) is 1. The standard InChI is InChI=1S/C21H28N4O3/c1-16-6-5-7-20(26)25(16)13-4-3-11-23-21(22-2)24-12-10-17-8-9-18-19(14-17)28-15-27-18/h5-9,14H,3-4,10-13,15H2,1-2H3,(H2,22,23,24). The number of fused-ring (bicyclic) bond motifs is 1. The van der Waals surface area contributed by atoms with Crippen molar-refractivity contribution in [2.24, 2.45) is 4.99 Å². The molecule has 1 aromatic carbocycles. The summed E-state index contributed by atoms with van der Waals surface area (Å²) in [7, 11) is 1.77. The third kappa shape index (κ3) is 5.28. The summed E-state index contributed by atoms with van der Waals surface area (Å²) in [5.74, 6) is 2.41. The van der Waals surface area contributed by atoms with Crippen LogP contribution in [0.1, 0.15) is 24.1 Å². The van der Waals surface area contributed by atoms with Crippen LogP contribution in [0.3, 0.4) is 0 Å². The van der Waals surface area contributed by atoms with Gasteiger partial charge in [-0.05, 0) is 49.9 Å². The van der Waals surface area contributed by atoms with Gasteiger partial charge in [0.1, 0.15) is 0 Å². The molecule has 0 unspecified atom stereocenters. The minimum absolute atomic E-state index is 0.0638. The molecule has 1 aromatic heterocycles. The largest absolute Gasteiger partial charge is 0.454 e. The molecule has 2 heterocycles. The predicted molar refractivity (Wildman–Crippen MR) is 110 cm³/mol. The molecule has 7 heteroatoms. The highest BCUT2D eigenvalue weighted by Crippen LogP contribution is 2.32. The van der Waals surface area contributed by atoms with Gasteiger partial charge in [-0.3, -0.25) is 9.79 Å². The molecule has 7 nitrogen and oxygen atoms in total. The first kappa shape index (κ1) is 19.8. The SMILES string of the molecule is CN=C(NCCCCn1c(C)cccc1=O)NCCc1ccc2c(c1)OCO2. The van der Waals surface area contributed by atoms with E-state index in [0.717, 1.165) is 62.0 Å². The topological polar surface area (TPSA) is 76.9 Å². The van der Waals surface area contributed by atoms with Crippen molar-refractivity contribution in [3.8, 4) is 11.5 Å². The second-order valence-corrected chi connectivity index (χ2v) is 6.73. The van der Waals surface area contributed by atoms with Crippen molar-refractivity contribution in [1.29, 1.82) is 0 Å². The van der Waals surface area contributed by atoms with Crippen LogP contribution in [-0.2, 0) is 13.0 Å². The molecule has 0 atom stereocenters. The molecule has 0 radical (unpaired) electrons. The van der Waals surface area contributed by atoms with E-state index < -0.39 is 0 Å². The first-order chi connectivity index (χ1) is 13.7. The van der Waals surface area contributed by atoms with E-state index in [1.165, 1.54) is 5.56 Å². The Morgan fingerprint density at radius 3 is 2.75 bits per heavy atom.